The highest BCUT2D eigenvalue weighted by Crippen LogP contribution is 2.48. The fourth-order valence-electron chi connectivity index (χ4n) is 16.5. The summed E-state index contributed by atoms with van der Waals surface area (Å²) in [6, 6.07) is 2.10. The maximum absolute atomic E-state index is 16.5. The molecule has 28 N–H and O–H groups in total. The number of primary amides is 1. The molecule has 3 saturated heterocycles. The first kappa shape index (κ1) is 94.4. The molecule has 0 spiro atoms. The number of allylic oxidation sites excluding steroid dienone is 9. The molecule has 126 heavy (non-hydrogen) atoms. The van der Waals surface area contributed by atoms with E-state index in [1.807, 2.05) is 50.2 Å². The third kappa shape index (κ3) is 21.9. The van der Waals surface area contributed by atoms with Crippen LogP contribution in [0.4, 0.5) is 0 Å². The average molecular weight is 1810 g/mol. The van der Waals surface area contributed by atoms with Gasteiger partial charge in [-0.3, -0.25) is 49.2 Å². The Balaban J connectivity index is 1.03. The molecule has 7 unspecified atom stereocenters. The number of guanidine groups is 2. The van der Waals surface area contributed by atoms with Gasteiger partial charge in [-0.05, 0) is 146 Å². The summed E-state index contributed by atoms with van der Waals surface area (Å²) in [5.41, 5.74) is 17.2. The largest absolute Gasteiger partial charge is 0.512 e. The van der Waals surface area contributed by atoms with E-state index in [-0.39, 0.29) is 95.7 Å². The van der Waals surface area contributed by atoms with Crippen LogP contribution in [-0.4, -0.2) is 253 Å². The molecule has 0 radical (unpaired) electrons. The van der Waals surface area contributed by atoms with E-state index in [9.17, 15) is 55.5 Å². The van der Waals surface area contributed by atoms with Crippen LogP contribution in [0.15, 0.2) is 153 Å². The summed E-state index contributed by atoms with van der Waals surface area (Å²) in [5, 5.41) is 152. The number of aliphatic hydroxyl groups is 9. The lowest BCUT2D eigenvalue weighted by Gasteiger charge is -2.48. The van der Waals surface area contributed by atoms with Gasteiger partial charge < -0.3 is 150 Å². The summed E-state index contributed by atoms with van der Waals surface area (Å²) < 4.78 is 40.0. The third-order valence-corrected chi connectivity index (χ3v) is 24.2. The monoisotopic (exact) mass is 1810 g/mol. The van der Waals surface area contributed by atoms with Crippen molar-refractivity contribution in [3.63, 3.8) is 0 Å². The van der Waals surface area contributed by atoms with Crippen LogP contribution in [-0.2, 0) is 59.1 Å². The highest BCUT2D eigenvalue weighted by atomic mass is 35.5. The molecule has 680 valence electrons. The van der Waals surface area contributed by atoms with Gasteiger partial charge in [-0.15, -0.1) is 11.6 Å². The van der Waals surface area contributed by atoms with E-state index < -0.39 is 258 Å². The predicted molar refractivity (Wildman–Crippen MR) is 454 cm³/mol. The van der Waals surface area contributed by atoms with Crippen molar-refractivity contribution in [2.24, 2.45) is 29.0 Å². The van der Waals surface area contributed by atoms with Crippen molar-refractivity contribution >= 4 is 94.0 Å². The first-order chi connectivity index (χ1) is 59.8. The topological polar surface area (TPSA) is 632 Å². The molecule has 8 amide bonds. The van der Waals surface area contributed by atoms with Crippen LogP contribution in [0.3, 0.4) is 0 Å². The van der Waals surface area contributed by atoms with Gasteiger partial charge in [0.15, 0.2) is 35.8 Å². The molecule has 0 saturated carbocycles. The van der Waals surface area contributed by atoms with Crippen LogP contribution in [0.2, 0.25) is 5.02 Å². The van der Waals surface area contributed by atoms with Crippen molar-refractivity contribution in [2.45, 2.75) is 212 Å². The standard InChI is InChI=1S/C84H105Cl3N16O23/c1-34(2)20-50(93-5)74(114)102-65-67(109)40-13-18-54(48(86)22-40)122-56-24-42-25-57(71(56)126-81-72(70(112)69(111)58(33-104)124-81)125-60-29-84(4,73(113)35(3)121-60)96-30-36-6-8-37(9-7-36)38-10-15-43(85)16-11-38)123-55-19-14-41(23-49(55)87)68(110)66-80(120)101-64(78(118)97-44(31-94-82(89)90)32-95-83(91)92)47-26-45(105)27-53(107)61(47)46-21-39(12-17-52(46)106)62(76(116)103-66)100-77(117)63(42)99-75(115)51(28-59(88)108)98-79(65)119/h6-12,14-17,19,22,24-26,34-35,44-46,49-51,58,60,62-70,72-73,81,93,96,104-107,109-113H,13,18,20-21,23,27-33H2,1-5H3,(H2,88,108)(H,97,118)(H,98,119)(H,99,115)(H,100,117)(H,101,120)(H,102,114)(H,103,116)(H4,89,90,94)(H4,91,92,95)/t35-,45?,46?,49?,50+,51-,58?,60-,62+,63+,64-,65+,66-,67+,68+,69?,70-,72?,73+,81+,84?/m0/s1. The quantitative estimate of drug-likeness (QED) is 0.0333. The van der Waals surface area contributed by atoms with Gasteiger partial charge in [0.25, 0.3) is 0 Å². The minimum atomic E-state index is -2.34. The van der Waals surface area contributed by atoms with Crippen LogP contribution in [0.25, 0.3) is 11.1 Å². The van der Waals surface area contributed by atoms with Crippen molar-refractivity contribution < 1.29 is 113 Å². The predicted octanol–water partition coefficient (Wildman–Crippen LogP) is -0.800. The van der Waals surface area contributed by atoms with Crippen LogP contribution in [0.1, 0.15) is 96.2 Å². The van der Waals surface area contributed by atoms with E-state index in [2.05, 4.69) is 58.5 Å². The lowest BCUT2D eigenvalue weighted by molar-refractivity contribution is -0.334. The fourth-order valence-corrected chi connectivity index (χ4v) is 17.1. The Morgan fingerprint density at radius 3 is 2.02 bits per heavy atom. The van der Waals surface area contributed by atoms with Gasteiger partial charge in [-0.1, -0.05) is 85.6 Å². The smallest absolute Gasteiger partial charge is 0.248 e. The average Bonchev–Trinajstić information content (AvgIpc) is 0.766. The number of hydrogen-bond acceptors (Lipinski definition) is 27. The molecule has 11 aliphatic rings. The molecule has 14 rings (SSSR count). The van der Waals surface area contributed by atoms with Crippen molar-refractivity contribution in [3.05, 3.63) is 169 Å². The summed E-state index contributed by atoms with van der Waals surface area (Å²) in [6.45, 7) is 5.57. The van der Waals surface area contributed by atoms with E-state index in [1.54, 1.807) is 26.0 Å². The first-order valence-corrected chi connectivity index (χ1v) is 42.1. The molecule has 21 atom stereocenters. The molecular formula is C84H105Cl3N16O23. The number of nitrogens with one attached hydrogen (secondary N) is 13. The lowest BCUT2D eigenvalue weighted by Crippen LogP contribution is -2.65. The second kappa shape index (κ2) is 40.5. The summed E-state index contributed by atoms with van der Waals surface area (Å²) in [6.07, 6.45) is -15.1. The van der Waals surface area contributed by atoms with E-state index >= 15 is 28.8 Å². The number of aliphatic hydroxyl groups excluding tert-OH is 9. The number of hydrogen-bond donors (Lipinski definition) is 25. The third-order valence-electron chi connectivity index (χ3n) is 23.2. The highest BCUT2D eigenvalue weighted by molar-refractivity contribution is 6.31. The first-order valence-electron chi connectivity index (χ1n) is 40.9. The van der Waals surface area contributed by atoms with Crippen molar-refractivity contribution in [3.8, 4) is 28.4 Å². The molecular weight excluding hydrogens is 1710 g/mol. The number of fused-ring (bicyclic) bond motifs is 15. The van der Waals surface area contributed by atoms with Crippen LogP contribution in [0, 0.1) is 22.7 Å². The summed E-state index contributed by atoms with van der Waals surface area (Å²) in [7, 11) is 1.49. The number of ether oxygens (including phenoxy) is 6. The number of likely N-dealkylation sites (N-methyl/N-ethyl adjacent to an activating group) is 1. The Morgan fingerprint density at radius 2 is 1.39 bits per heavy atom. The molecule has 3 fully saturated rings. The molecule has 0 aromatic heterocycles. The van der Waals surface area contributed by atoms with Gasteiger partial charge in [0, 0.05) is 60.9 Å². The number of carbonyl (C=O) groups excluding carboxylic acids is 8. The zero-order valence-corrected chi connectivity index (χ0v) is 71.3. The number of benzene rings is 3. The van der Waals surface area contributed by atoms with E-state index in [0.717, 1.165) is 41.0 Å². The van der Waals surface area contributed by atoms with Gasteiger partial charge in [0.2, 0.25) is 59.3 Å². The Hall–Kier alpha value is -10.7. The summed E-state index contributed by atoms with van der Waals surface area (Å²) in [4.78, 5) is 122. The number of nitrogens with two attached hydrogens (primary N) is 3. The molecule has 4 aliphatic carbocycles. The van der Waals surface area contributed by atoms with Crippen LogP contribution >= 0.6 is 34.8 Å². The number of alkyl halides is 1. The van der Waals surface area contributed by atoms with Crippen molar-refractivity contribution in [2.75, 3.05) is 26.7 Å². The SMILES string of the molecule is CN[C@H](CC(C)C)C(=O)N[C@H]1C(=O)N[C@@H](CC(N)=O)C(=O)N[C@H]2C(=O)N[C@H]3C(=O)N[C@H](C(=O)N[C@H](C(=O)NC(CNC(=N)N)CNC(=N)N)C4=CC(O)CC(O)=C4C4CC3=CC=C4O)[C@H](O)C3=CC=C(Oc4cc2cc(c4O[C@H]2OC(CO)C(O)[C@H](O)C2O[C@H]2CC(C)(NCc4ccc(-c5ccc(Cl)cc5)cc4)[C@H](O)[C@H](C)O2)OC2=C(Cl)C=C(CC2)[C@H]1O)C(Cl)C3. The maximum Gasteiger partial charge on any atom is 0.248 e. The Morgan fingerprint density at radius 1 is 0.738 bits per heavy atom. The van der Waals surface area contributed by atoms with Gasteiger partial charge in [-0.25, -0.2) is 0 Å². The Kier molecular flexibility index (Phi) is 30.3. The molecule has 11 bridgehead atoms. The number of rotatable bonds is 22. The molecule has 39 nitrogen and oxygen atoms in total. The van der Waals surface area contributed by atoms with Crippen molar-refractivity contribution in [1.29, 1.82) is 10.8 Å². The maximum atomic E-state index is 16.5. The Bertz CT molecular complexity index is 4950. The second-order valence-corrected chi connectivity index (χ2v) is 34.2. The molecule has 3 aromatic rings. The Labute approximate surface area is 738 Å². The number of carbonyl (C=O) groups is 8. The second-order valence-electron chi connectivity index (χ2n) is 32.9. The molecule has 3 aromatic carbocycles. The molecule has 42 heteroatoms. The van der Waals surface area contributed by atoms with Crippen LogP contribution < -0.4 is 89.9 Å². The normalized spacial score (nSPS) is 30.6. The summed E-state index contributed by atoms with van der Waals surface area (Å²) in [5.74, 6) is -16.0. The van der Waals surface area contributed by atoms with Gasteiger partial charge in [0.1, 0.15) is 84.0 Å². The molecule has 7 heterocycles. The molecule has 7 aliphatic heterocycles. The van der Waals surface area contributed by atoms with E-state index in [0.29, 0.717) is 5.02 Å². The minimum absolute atomic E-state index is 0.0168. The summed E-state index contributed by atoms with van der Waals surface area (Å²) >= 11 is 20.8. The number of halogens is 3. The lowest BCUT2D eigenvalue weighted by atomic mass is 9.75. The zero-order chi connectivity index (χ0) is 91.2. The van der Waals surface area contributed by atoms with Gasteiger partial charge >= 0.3 is 0 Å². The van der Waals surface area contributed by atoms with E-state index in [4.69, 9.17) is 91.2 Å². The van der Waals surface area contributed by atoms with Crippen molar-refractivity contribution in [1.82, 2.24) is 58.5 Å². The van der Waals surface area contributed by atoms with Gasteiger partial charge in [0.05, 0.1) is 59.6 Å². The highest BCUT2D eigenvalue weighted by Gasteiger charge is 2.53. The fraction of sp³-hybridized carbons (Fsp3) is 0.476. The minimum Gasteiger partial charge on any atom is -0.512 e. The van der Waals surface area contributed by atoms with Gasteiger partial charge in [-0.2, -0.15) is 0 Å². The van der Waals surface area contributed by atoms with Crippen LogP contribution in [0.5, 0.6) is 17.2 Å². The van der Waals surface area contributed by atoms with E-state index in [1.165, 1.54) is 31.4 Å². The zero-order valence-electron chi connectivity index (χ0n) is 69.0. The number of amides is 8.